The smallest absolute Gasteiger partial charge is 0.230 e. The fourth-order valence-electron chi connectivity index (χ4n) is 3.27. The third-order valence-corrected chi connectivity index (χ3v) is 4.29. The Kier molecular flexibility index (Phi) is 7.10. The van der Waals surface area contributed by atoms with Gasteiger partial charge in [-0.25, -0.2) is 0 Å². The summed E-state index contributed by atoms with van der Waals surface area (Å²) in [7, 11) is 0. The van der Waals surface area contributed by atoms with Crippen molar-refractivity contribution in [1.29, 1.82) is 0 Å². The van der Waals surface area contributed by atoms with Crippen molar-refractivity contribution in [1.82, 2.24) is 4.90 Å². The fourth-order valence-corrected chi connectivity index (χ4v) is 3.27. The van der Waals surface area contributed by atoms with Crippen molar-refractivity contribution in [2.45, 2.75) is 39.1 Å². The molecule has 0 spiro atoms. The van der Waals surface area contributed by atoms with E-state index in [1.807, 2.05) is 74.5 Å². The molecule has 5 heteroatoms. The Morgan fingerprint density at radius 3 is 1.76 bits per heavy atom. The lowest BCUT2D eigenvalue weighted by Gasteiger charge is -2.36. The molecule has 1 N–H and O–H groups in total. The van der Waals surface area contributed by atoms with Gasteiger partial charge < -0.3 is 5.11 Å². The average Bonchev–Trinajstić information content (AvgIpc) is 2.55. The van der Waals surface area contributed by atoms with Gasteiger partial charge in [0.15, 0.2) is 0 Å². The molecule has 0 aromatic heterocycles. The molecule has 25 heavy (non-hydrogen) atoms. The van der Waals surface area contributed by atoms with Crippen molar-refractivity contribution >= 4 is 0 Å². The largest absolute Gasteiger partial charge is 0.385 e. The maximum absolute atomic E-state index is 10.9. The molecule has 0 aliphatic rings. The number of hydrogen-bond acceptors (Lipinski definition) is 4. The summed E-state index contributed by atoms with van der Waals surface area (Å²) in [6, 6.07) is 19.7. The Bertz CT molecular complexity index is 605. The van der Waals surface area contributed by atoms with Crippen LogP contribution in [0.3, 0.4) is 0 Å². The maximum atomic E-state index is 10.9. The summed E-state index contributed by atoms with van der Waals surface area (Å²) in [4.78, 5) is 12.6. The number of aliphatic hydroxyl groups is 1. The van der Waals surface area contributed by atoms with Crippen molar-refractivity contribution in [2.24, 2.45) is 5.92 Å². The van der Waals surface area contributed by atoms with Crippen LogP contribution in [0.2, 0.25) is 0 Å². The van der Waals surface area contributed by atoms with Crippen LogP contribution in [0.25, 0.3) is 0 Å². The number of rotatable bonds is 9. The zero-order chi connectivity index (χ0) is 18.2. The molecule has 134 valence electrons. The van der Waals surface area contributed by atoms with Gasteiger partial charge in [-0.1, -0.05) is 74.5 Å². The summed E-state index contributed by atoms with van der Waals surface area (Å²) >= 11 is 0. The molecule has 2 rings (SSSR count). The molecule has 2 aromatic carbocycles. The molecule has 0 fully saturated rings. The van der Waals surface area contributed by atoms with E-state index in [1.54, 1.807) is 0 Å². The highest BCUT2D eigenvalue weighted by molar-refractivity contribution is 5.17. The minimum atomic E-state index is -1.01. The van der Waals surface area contributed by atoms with Gasteiger partial charge in [0.25, 0.3) is 0 Å². The second-order valence-electron chi connectivity index (χ2n) is 6.69. The summed E-state index contributed by atoms with van der Waals surface area (Å²) in [5, 5.41) is 21.4. The van der Waals surface area contributed by atoms with Crippen molar-refractivity contribution in [3.63, 3.8) is 0 Å². The highest BCUT2D eigenvalue weighted by atomic mass is 16.6. The first kappa shape index (κ1) is 19.1. The Morgan fingerprint density at radius 2 is 1.40 bits per heavy atom. The van der Waals surface area contributed by atoms with Crippen LogP contribution in [0.4, 0.5) is 0 Å². The summed E-state index contributed by atoms with van der Waals surface area (Å²) in [5.74, 6) is 0.0855. The molecule has 2 aromatic rings. The lowest BCUT2D eigenvalue weighted by atomic mass is 9.95. The van der Waals surface area contributed by atoms with Crippen molar-refractivity contribution < 1.29 is 10.0 Å². The van der Waals surface area contributed by atoms with Crippen LogP contribution in [0.1, 0.15) is 25.0 Å². The van der Waals surface area contributed by atoms with Gasteiger partial charge >= 0.3 is 0 Å². The first-order chi connectivity index (χ1) is 12.0. The summed E-state index contributed by atoms with van der Waals surface area (Å²) in [5.41, 5.74) is 2.25. The third kappa shape index (κ3) is 5.96. The predicted octanol–water partition coefficient (Wildman–Crippen LogP) is 3.35. The molecule has 0 saturated carbocycles. The summed E-state index contributed by atoms with van der Waals surface area (Å²) in [6.45, 7) is 4.82. The SMILES string of the molecule is CC(C)[C@H]([C@H](O)C[N+](=O)[O-])N(Cc1ccccc1)Cc1ccccc1. The molecular formula is C20H26N2O3. The van der Waals surface area contributed by atoms with Crippen LogP contribution >= 0.6 is 0 Å². The molecule has 0 aliphatic carbocycles. The monoisotopic (exact) mass is 342 g/mol. The van der Waals surface area contributed by atoms with Gasteiger partial charge in [-0.05, 0) is 17.0 Å². The third-order valence-electron chi connectivity index (χ3n) is 4.29. The van der Waals surface area contributed by atoms with Crippen molar-refractivity contribution in [3.05, 3.63) is 81.9 Å². The van der Waals surface area contributed by atoms with E-state index < -0.39 is 17.6 Å². The lowest BCUT2D eigenvalue weighted by Crippen LogP contribution is -2.48. The van der Waals surface area contributed by atoms with Crippen LogP contribution in [-0.4, -0.2) is 33.6 Å². The summed E-state index contributed by atoms with van der Waals surface area (Å²) < 4.78 is 0. The number of benzene rings is 2. The molecule has 0 radical (unpaired) electrons. The minimum absolute atomic E-state index is 0.0855. The van der Waals surface area contributed by atoms with E-state index in [4.69, 9.17) is 0 Å². The van der Waals surface area contributed by atoms with Crippen LogP contribution in [0, 0.1) is 16.0 Å². The maximum Gasteiger partial charge on any atom is 0.230 e. The van der Waals surface area contributed by atoms with Crippen LogP contribution < -0.4 is 0 Å². The Hall–Kier alpha value is -2.24. The molecule has 0 amide bonds. The predicted molar refractivity (Wildman–Crippen MR) is 98.6 cm³/mol. The van der Waals surface area contributed by atoms with E-state index in [-0.39, 0.29) is 12.0 Å². The van der Waals surface area contributed by atoms with E-state index in [9.17, 15) is 15.2 Å². The highest BCUT2D eigenvalue weighted by Crippen LogP contribution is 2.21. The Labute approximate surface area is 149 Å². The zero-order valence-corrected chi connectivity index (χ0v) is 14.8. The second-order valence-corrected chi connectivity index (χ2v) is 6.69. The van der Waals surface area contributed by atoms with Gasteiger partial charge in [-0.3, -0.25) is 15.0 Å². The first-order valence-electron chi connectivity index (χ1n) is 8.59. The van der Waals surface area contributed by atoms with E-state index in [0.29, 0.717) is 13.1 Å². The van der Waals surface area contributed by atoms with Crippen LogP contribution in [0.15, 0.2) is 60.7 Å². The van der Waals surface area contributed by atoms with E-state index in [2.05, 4.69) is 4.90 Å². The van der Waals surface area contributed by atoms with Gasteiger partial charge in [-0.15, -0.1) is 0 Å². The van der Waals surface area contributed by atoms with E-state index in [0.717, 1.165) is 11.1 Å². The molecule has 0 heterocycles. The van der Waals surface area contributed by atoms with Crippen molar-refractivity contribution in [2.75, 3.05) is 6.54 Å². The fraction of sp³-hybridized carbons (Fsp3) is 0.400. The number of hydrogen-bond donors (Lipinski definition) is 1. The molecular weight excluding hydrogens is 316 g/mol. The molecule has 0 bridgehead atoms. The number of nitro groups is 1. The standard InChI is InChI=1S/C20H26N2O3/c1-16(2)20(19(23)15-22(24)25)21(13-17-9-5-3-6-10-17)14-18-11-7-4-8-12-18/h3-12,16,19-20,23H,13-15H2,1-2H3/t19-,20-/m1/s1. The first-order valence-corrected chi connectivity index (χ1v) is 8.59. The van der Waals surface area contributed by atoms with Gasteiger partial charge in [0.1, 0.15) is 6.10 Å². The van der Waals surface area contributed by atoms with Crippen LogP contribution in [-0.2, 0) is 13.1 Å². The quantitative estimate of drug-likeness (QED) is 0.560. The highest BCUT2D eigenvalue weighted by Gasteiger charge is 2.32. The Balaban J connectivity index is 2.27. The van der Waals surface area contributed by atoms with Gasteiger partial charge in [0.2, 0.25) is 6.54 Å². The normalized spacial score (nSPS) is 13.8. The molecule has 5 nitrogen and oxygen atoms in total. The van der Waals surface area contributed by atoms with Gasteiger partial charge in [-0.2, -0.15) is 0 Å². The number of aliphatic hydroxyl groups excluding tert-OH is 1. The molecule has 0 unspecified atom stereocenters. The molecule has 0 saturated heterocycles. The summed E-state index contributed by atoms with van der Waals surface area (Å²) in [6.07, 6.45) is -1.01. The van der Waals surface area contributed by atoms with E-state index in [1.165, 1.54) is 0 Å². The topological polar surface area (TPSA) is 66.6 Å². The average molecular weight is 342 g/mol. The minimum Gasteiger partial charge on any atom is -0.385 e. The molecule has 2 atom stereocenters. The Morgan fingerprint density at radius 1 is 0.960 bits per heavy atom. The van der Waals surface area contributed by atoms with Crippen molar-refractivity contribution in [3.8, 4) is 0 Å². The lowest BCUT2D eigenvalue weighted by molar-refractivity contribution is -0.492. The van der Waals surface area contributed by atoms with Gasteiger partial charge in [0.05, 0.1) is 0 Å². The van der Waals surface area contributed by atoms with E-state index >= 15 is 0 Å². The van der Waals surface area contributed by atoms with Gasteiger partial charge in [0, 0.05) is 24.1 Å². The molecule has 0 aliphatic heterocycles. The second kappa shape index (κ2) is 9.30. The zero-order valence-electron chi connectivity index (χ0n) is 14.8. The van der Waals surface area contributed by atoms with Crippen LogP contribution in [0.5, 0.6) is 0 Å². The number of nitrogens with zero attached hydrogens (tertiary/aromatic N) is 2.